The molecule has 18 heavy (non-hydrogen) atoms. The highest BCUT2D eigenvalue weighted by Crippen LogP contribution is 2.14. The molecule has 0 spiro atoms. The van der Waals surface area contributed by atoms with Crippen LogP contribution in [0.1, 0.15) is 37.9 Å². The average Bonchev–Trinajstić information content (AvgIpc) is 2.35. The lowest BCUT2D eigenvalue weighted by atomic mass is 10.0. The Kier molecular flexibility index (Phi) is 5.65. The van der Waals surface area contributed by atoms with Gasteiger partial charge in [-0.25, -0.2) is 10.2 Å². The Morgan fingerprint density at radius 2 is 1.83 bits per heavy atom. The molecule has 1 amide bonds. The van der Waals surface area contributed by atoms with E-state index >= 15 is 0 Å². The summed E-state index contributed by atoms with van der Waals surface area (Å²) in [6.45, 7) is 6.39. The van der Waals surface area contributed by atoms with Gasteiger partial charge in [0.1, 0.15) is 0 Å². The largest absolute Gasteiger partial charge is 0.452 e. The van der Waals surface area contributed by atoms with Crippen LogP contribution in [0.25, 0.3) is 0 Å². The smallest absolute Gasteiger partial charge is 0.421 e. The van der Waals surface area contributed by atoms with E-state index in [9.17, 15) is 4.79 Å². The van der Waals surface area contributed by atoms with E-state index in [-0.39, 0.29) is 6.04 Å². The molecular formula is C14H22N2O2. The fraction of sp³-hybridized carbons (Fsp3) is 0.500. The van der Waals surface area contributed by atoms with Crippen LogP contribution in [0.4, 0.5) is 4.79 Å². The van der Waals surface area contributed by atoms with Crippen molar-refractivity contribution in [1.82, 2.24) is 10.9 Å². The molecule has 0 aliphatic heterocycles. The molecule has 2 N–H and O–H groups in total. The summed E-state index contributed by atoms with van der Waals surface area (Å²) in [6.07, 6.45) is 0.598. The number of ether oxygens (including phenoxy) is 1. The van der Waals surface area contributed by atoms with Crippen LogP contribution in [0.3, 0.4) is 0 Å². The zero-order valence-corrected chi connectivity index (χ0v) is 11.5. The summed E-state index contributed by atoms with van der Waals surface area (Å²) >= 11 is 0. The second-order valence-electron chi connectivity index (χ2n) is 4.82. The molecule has 1 rings (SSSR count). The monoisotopic (exact) mass is 250 g/mol. The van der Waals surface area contributed by atoms with Gasteiger partial charge >= 0.3 is 6.09 Å². The Morgan fingerprint density at radius 3 is 2.33 bits per heavy atom. The van der Waals surface area contributed by atoms with Crippen LogP contribution in [0.5, 0.6) is 0 Å². The van der Waals surface area contributed by atoms with E-state index in [1.807, 2.05) is 6.92 Å². The van der Waals surface area contributed by atoms with E-state index in [0.717, 1.165) is 12.0 Å². The molecule has 0 fully saturated rings. The molecule has 0 aliphatic carbocycles. The summed E-state index contributed by atoms with van der Waals surface area (Å²) in [6, 6.07) is 8.46. The van der Waals surface area contributed by atoms with Gasteiger partial charge < -0.3 is 4.74 Å². The normalized spacial score (nSPS) is 12.3. The molecule has 4 heteroatoms. The van der Waals surface area contributed by atoms with E-state index in [1.165, 1.54) is 12.7 Å². The van der Waals surface area contributed by atoms with Gasteiger partial charge in [-0.1, -0.05) is 38.1 Å². The molecule has 4 nitrogen and oxygen atoms in total. The van der Waals surface area contributed by atoms with Crippen LogP contribution in [0.15, 0.2) is 24.3 Å². The third-order valence-corrected chi connectivity index (χ3v) is 2.70. The molecule has 0 aliphatic rings. The van der Waals surface area contributed by atoms with Crippen molar-refractivity contribution >= 4 is 6.09 Å². The highest BCUT2D eigenvalue weighted by Gasteiger charge is 2.07. The van der Waals surface area contributed by atoms with Crippen molar-refractivity contribution in [2.24, 2.45) is 5.92 Å². The van der Waals surface area contributed by atoms with Crippen LogP contribution >= 0.6 is 0 Å². The van der Waals surface area contributed by atoms with Gasteiger partial charge in [0.05, 0.1) is 7.11 Å². The van der Waals surface area contributed by atoms with Crippen molar-refractivity contribution in [1.29, 1.82) is 0 Å². The van der Waals surface area contributed by atoms with E-state index in [4.69, 9.17) is 0 Å². The number of carbonyl (C=O) groups is 1. The third kappa shape index (κ3) is 4.75. The fourth-order valence-electron chi connectivity index (χ4n) is 1.72. The Bertz CT molecular complexity index is 374. The van der Waals surface area contributed by atoms with Gasteiger partial charge in [0.25, 0.3) is 0 Å². The van der Waals surface area contributed by atoms with Gasteiger partial charge in [0.15, 0.2) is 0 Å². The lowest BCUT2D eigenvalue weighted by Crippen LogP contribution is -2.38. The molecule has 0 saturated carbocycles. The molecule has 1 unspecified atom stereocenters. The van der Waals surface area contributed by atoms with Crippen molar-refractivity contribution in [3.63, 3.8) is 0 Å². The van der Waals surface area contributed by atoms with Crippen LogP contribution in [-0.2, 0) is 11.2 Å². The second kappa shape index (κ2) is 7.01. The van der Waals surface area contributed by atoms with Crippen LogP contribution in [0, 0.1) is 5.92 Å². The van der Waals surface area contributed by atoms with Crippen molar-refractivity contribution in [2.45, 2.75) is 33.2 Å². The van der Waals surface area contributed by atoms with E-state index in [0.29, 0.717) is 5.92 Å². The number of benzene rings is 1. The fourth-order valence-corrected chi connectivity index (χ4v) is 1.72. The molecule has 0 radical (unpaired) electrons. The maximum atomic E-state index is 10.9. The van der Waals surface area contributed by atoms with Crippen molar-refractivity contribution in [3.05, 3.63) is 35.4 Å². The van der Waals surface area contributed by atoms with Gasteiger partial charge in [-0.2, -0.15) is 0 Å². The van der Waals surface area contributed by atoms with Crippen molar-refractivity contribution in [3.8, 4) is 0 Å². The number of methoxy groups -OCH3 is 1. The van der Waals surface area contributed by atoms with Crippen LogP contribution in [-0.4, -0.2) is 13.2 Å². The number of nitrogens with one attached hydrogen (secondary N) is 2. The average molecular weight is 250 g/mol. The summed E-state index contributed by atoms with van der Waals surface area (Å²) in [4.78, 5) is 10.9. The quantitative estimate of drug-likeness (QED) is 0.790. The number of carbonyl (C=O) groups excluding carboxylic acids is 1. The second-order valence-corrected chi connectivity index (χ2v) is 4.82. The zero-order chi connectivity index (χ0) is 13.5. The van der Waals surface area contributed by atoms with E-state index < -0.39 is 6.09 Å². The minimum Gasteiger partial charge on any atom is -0.452 e. The topological polar surface area (TPSA) is 50.4 Å². The molecule has 1 aromatic carbocycles. The Labute approximate surface area is 109 Å². The Hall–Kier alpha value is -1.55. The Balaban J connectivity index is 2.53. The summed E-state index contributed by atoms with van der Waals surface area (Å²) < 4.78 is 4.49. The maximum absolute atomic E-state index is 10.9. The Morgan fingerprint density at radius 1 is 1.22 bits per heavy atom. The lowest BCUT2D eigenvalue weighted by Gasteiger charge is -2.15. The summed E-state index contributed by atoms with van der Waals surface area (Å²) in [5.41, 5.74) is 7.81. The van der Waals surface area contributed by atoms with Crippen molar-refractivity contribution < 1.29 is 9.53 Å². The lowest BCUT2D eigenvalue weighted by molar-refractivity contribution is 0.163. The van der Waals surface area contributed by atoms with Gasteiger partial charge in [-0.05, 0) is 30.4 Å². The zero-order valence-electron chi connectivity index (χ0n) is 11.5. The number of amides is 1. The summed E-state index contributed by atoms with van der Waals surface area (Å²) in [5.74, 6) is 0.660. The predicted octanol–water partition coefficient (Wildman–Crippen LogP) is 2.81. The summed E-state index contributed by atoms with van der Waals surface area (Å²) in [7, 11) is 1.34. The third-order valence-electron chi connectivity index (χ3n) is 2.70. The predicted molar refractivity (Wildman–Crippen MR) is 72.1 cm³/mol. The summed E-state index contributed by atoms with van der Waals surface area (Å²) in [5, 5.41) is 0. The van der Waals surface area contributed by atoms with Gasteiger partial charge in [-0.15, -0.1) is 0 Å². The first-order chi connectivity index (χ1) is 8.52. The highest BCUT2D eigenvalue weighted by molar-refractivity contribution is 5.66. The molecule has 1 atom stereocenters. The number of hydrazine groups is 1. The van der Waals surface area contributed by atoms with E-state index in [2.05, 4.69) is 53.7 Å². The van der Waals surface area contributed by atoms with E-state index in [1.54, 1.807) is 0 Å². The first kappa shape index (κ1) is 14.5. The van der Waals surface area contributed by atoms with Crippen LogP contribution < -0.4 is 10.9 Å². The number of hydrogen-bond donors (Lipinski definition) is 2. The SMILES string of the molecule is COC(=O)NNC(C)c1ccc(CC(C)C)cc1. The molecular weight excluding hydrogens is 228 g/mol. The van der Waals surface area contributed by atoms with Gasteiger partial charge in [-0.3, -0.25) is 5.43 Å². The molecule has 0 aromatic heterocycles. The molecule has 0 bridgehead atoms. The standard InChI is InChI=1S/C14H22N2O2/c1-10(2)9-12-5-7-13(8-6-12)11(3)15-16-14(17)18-4/h5-8,10-11,15H,9H2,1-4H3,(H,16,17). The minimum atomic E-state index is -0.488. The molecule has 100 valence electrons. The first-order valence-corrected chi connectivity index (χ1v) is 6.21. The maximum Gasteiger partial charge on any atom is 0.421 e. The molecule has 0 heterocycles. The molecule has 1 aromatic rings. The highest BCUT2D eigenvalue weighted by atomic mass is 16.5. The van der Waals surface area contributed by atoms with Gasteiger partial charge in [0, 0.05) is 6.04 Å². The molecule has 0 saturated heterocycles. The minimum absolute atomic E-state index is 0.0391. The first-order valence-electron chi connectivity index (χ1n) is 6.21. The van der Waals surface area contributed by atoms with Crippen LogP contribution in [0.2, 0.25) is 0 Å². The van der Waals surface area contributed by atoms with Gasteiger partial charge in [0.2, 0.25) is 0 Å². The number of rotatable bonds is 5. The van der Waals surface area contributed by atoms with Crippen molar-refractivity contribution in [2.75, 3.05) is 7.11 Å². The number of hydrogen-bond acceptors (Lipinski definition) is 3.